The van der Waals surface area contributed by atoms with Gasteiger partial charge >= 0.3 is 0 Å². The van der Waals surface area contributed by atoms with E-state index in [1.807, 2.05) is 0 Å². The molecular formula is C18H27NO4S. The van der Waals surface area contributed by atoms with Crippen molar-refractivity contribution >= 4 is 15.7 Å². The third-order valence-corrected chi connectivity index (χ3v) is 6.78. The first-order valence-electron chi connectivity index (χ1n) is 8.49. The zero-order chi connectivity index (χ0) is 17.7. The molecule has 0 aliphatic carbocycles. The number of benzene rings is 1. The van der Waals surface area contributed by atoms with Crippen LogP contribution in [0.2, 0.25) is 0 Å². The molecule has 0 N–H and O–H groups in total. The van der Waals surface area contributed by atoms with Crippen LogP contribution in [0, 0.1) is 5.92 Å². The van der Waals surface area contributed by atoms with Crippen molar-refractivity contribution in [3.63, 3.8) is 0 Å². The van der Waals surface area contributed by atoms with Gasteiger partial charge in [0.25, 0.3) is 5.91 Å². The fourth-order valence-electron chi connectivity index (χ4n) is 2.79. The Kier molecular flexibility index (Phi) is 6.40. The molecule has 1 aromatic carbocycles. The van der Waals surface area contributed by atoms with Gasteiger partial charge in [-0.25, -0.2) is 8.42 Å². The molecule has 0 atom stereocenters. The van der Waals surface area contributed by atoms with Crippen molar-refractivity contribution in [3.8, 4) is 0 Å². The number of ether oxygens (including phenoxy) is 1. The third kappa shape index (κ3) is 4.57. The molecule has 1 saturated heterocycles. The van der Waals surface area contributed by atoms with Crippen molar-refractivity contribution in [2.75, 3.05) is 26.8 Å². The monoisotopic (exact) mass is 353 g/mol. The molecule has 24 heavy (non-hydrogen) atoms. The standard InChI is InChI=1S/C18H27NO4S/c1-14(2)24(21,22)17-6-4-16(5-7-17)18(20)19(3)11-8-15-9-12-23-13-10-15/h4-7,14-15H,8-13H2,1-3H3. The maximum absolute atomic E-state index is 12.5. The maximum atomic E-state index is 12.5. The summed E-state index contributed by atoms with van der Waals surface area (Å²) < 4.78 is 29.6. The highest BCUT2D eigenvalue weighted by atomic mass is 32.2. The number of carbonyl (C=O) groups is 1. The van der Waals surface area contributed by atoms with Crippen LogP contribution >= 0.6 is 0 Å². The van der Waals surface area contributed by atoms with E-state index in [0.717, 1.165) is 32.5 Å². The molecule has 2 rings (SSSR count). The lowest BCUT2D eigenvalue weighted by Gasteiger charge is -2.25. The van der Waals surface area contributed by atoms with Gasteiger partial charge in [-0.3, -0.25) is 4.79 Å². The van der Waals surface area contributed by atoms with E-state index in [4.69, 9.17) is 4.74 Å². The molecule has 1 fully saturated rings. The van der Waals surface area contributed by atoms with E-state index in [-0.39, 0.29) is 10.8 Å². The normalized spacial score (nSPS) is 16.3. The number of carbonyl (C=O) groups excluding carboxylic acids is 1. The van der Waals surface area contributed by atoms with Gasteiger partial charge in [-0.1, -0.05) is 0 Å². The lowest BCUT2D eigenvalue weighted by atomic mass is 9.96. The quantitative estimate of drug-likeness (QED) is 0.789. The van der Waals surface area contributed by atoms with Crippen molar-refractivity contribution in [2.45, 2.75) is 43.3 Å². The summed E-state index contributed by atoms with van der Waals surface area (Å²) in [5.41, 5.74) is 0.521. The van der Waals surface area contributed by atoms with Gasteiger partial charge in [0.05, 0.1) is 10.1 Å². The second-order valence-corrected chi connectivity index (χ2v) is 9.19. The van der Waals surface area contributed by atoms with Crippen LogP contribution in [-0.2, 0) is 14.6 Å². The Bertz CT molecular complexity index is 646. The van der Waals surface area contributed by atoms with Gasteiger partial charge in [-0.15, -0.1) is 0 Å². The Morgan fingerprint density at radius 3 is 2.33 bits per heavy atom. The molecule has 0 unspecified atom stereocenters. The molecule has 1 heterocycles. The third-order valence-electron chi connectivity index (χ3n) is 4.61. The Hall–Kier alpha value is -1.40. The number of amides is 1. The van der Waals surface area contributed by atoms with Crippen molar-refractivity contribution in [1.29, 1.82) is 0 Å². The molecule has 0 spiro atoms. The molecule has 0 aromatic heterocycles. The predicted octanol–water partition coefficient (Wildman–Crippen LogP) is 2.76. The van der Waals surface area contributed by atoms with Gasteiger partial charge < -0.3 is 9.64 Å². The van der Waals surface area contributed by atoms with Crippen LogP contribution in [0.15, 0.2) is 29.2 Å². The number of nitrogens with zero attached hydrogens (tertiary/aromatic N) is 1. The van der Waals surface area contributed by atoms with Gasteiger partial charge in [0, 0.05) is 32.4 Å². The summed E-state index contributed by atoms with van der Waals surface area (Å²) in [6.07, 6.45) is 3.10. The number of hydrogen-bond acceptors (Lipinski definition) is 4. The van der Waals surface area contributed by atoms with Crippen LogP contribution in [0.25, 0.3) is 0 Å². The molecule has 0 radical (unpaired) electrons. The summed E-state index contributed by atoms with van der Waals surface area (Å²) in [6, 6.07) is 6.24. The summed E-state index contributed by atoms with van der Waals surface area (Å²) in [4.78, 5) is 14.4. The molecule has 0 saturated carbocycles. The summed E-state index contributed by atoms with van der Waals surface area (Å²) in [7, 11) is -1.51. The van der Waals surface area contributed by atoms with Crippen LogP contribution in [0.4, 0.5) is 0 Å². The van der Waals surface area contributed by atoms with Gasteiger partial charge in [0.15, 0.2) is 9.84 Å². The fourth-order valence-corrected chi connectivity index (χ4v) is 3.85. The molecule has 6 heteroatoms. The summed E-state index contributed by atoms with van der Waals surface area (Å²) in [6.45, 7) is 5.63. The largest absolute Gasteiger partial charge is 0.381 e. The highest BCUT2D eigenvalue weighted by molar-refractivity contribution is 7.92. The minimum atomic E-state index is -3.30. The average Bonchev–Trinajstić information content (AvgIpc) is 2.60. The first-order valence-corrected chi connectivity index (χ1v) is 10.0. The minimum Gasteiger partial charge on any atom is -0.381 e. The predicted molar refractivity (Wildman–Crippen MR) is 93.9 cm³/mol. The number of hydrogen-bond donors (Lipinski definition) is 0. The molecule has 1 amide bonds. The van der Waals surface area contributed by atoms with Crippen molar-refractivity contribution in [1.82, 2.24) is 4.90 Å². The number of sulfone groups is 1. The lowest BCUT2D eigenvalue weighted by molar-refractivity contribution is 0.0583. The zero-order valence-corrected chi connectivity index (χ0v) is 15.5. The van der Waals surface area contributed by atoms with E-state index in [1.165, 1.54) is 12.1 Å². The first-order chi connectivity index (χ1) is 11.3. The topological polar surface area (TPSA) is 63.7 Å². The summed E-state index contributed by atoms with van der Waals surface area (Å²) in [5.74, 6) is 0.545. The smallest absolute Gasteiger partial charge is 0.253 e. The van der Waals surface area contributed by atoms with Gasteiger partial charge in [0.2, 0.25) is 0 Å². The van der Waals surface area contributed by atoms with E-state index < -0.39 is 15.1 Å². The molecule has 134 valence electrons. The average molecular weight is 353 g/mol. The van der Waals surface area contributed by atoms with E-state index in [1.54, 1.807) is 37.9 Å². The van der Waals surface area contributed by atoms with E-state index in [0.29, 0.717) is 18.0 Å². The van der Waals surface area contributed by atoms with Crippen LogP contribution < -0.4 is 0 Å². The Labute approximate surface area is 144 Å². The highest BCUT2D eigenvalue weighted by Gasteiger charge is 2.20. The van der Waals surface area contributed by atoms with E-state index in [2.05, 4.69) is 0 Å². The summed E-state index contributed by atoms with van der Waals surface area (Å²) >= 11 is 0. The molecule has 0 bridgehead atoms. The Morgan fingerprint density at radius 1 is 1.21 bits per heavy atom. The molecular weight excluding hydrogens is 326 g/mol. The second-order valence-electron chi connectivity index (χ2n) is 6.69. The van der Waals surface area contributed by atoms with Gasteiger partial charge in [0.1, 0.15) is 0 Å². The van der Waals surface area contributed by atoms with Crippen molar-refractivity contribution < 1.29 is 17.9 Å². The Morgan fingerprint density at radius 2 is 1.79 bits per heavy atom. The van der Waals surface area contributed by atoms with Gasteiger partial charge in [-0.2, -0.15) is 0 Å². The SMILES string of the molecule is CC(C)S(=O)(=O)c1ccc(C(=O)N(C)CCC2CCOCC2)cc1. The number of rotatable bonds is 6. The van der Waals surface area contributed by atoms with E-state index in [9.17, 15) is 13.2 Å². The van der Waals surface area contributed by atoms with Crippen molar-refractivity contribution in [2.24, 2.45) is 5.92 Å². The molecule has 1 aliphatic heterocycles. The first kappa shape index (κ1) is 18.9. The second kappa shape index (κ2) is 8.12. The Balaban J connectivity index is 1.96. The lowest BCUT2D eigenvalue weighted by Crippen LogP contribution is -2.30. The van der Waals surface area contributed by atoms with Crippen LogP contribution in [0.1, 0.15) is 43.5 Å². The van der Waals surface area contributed by atoms with Crippen LogP contribution in [0.3, 0.4) is 0 Å². The highest BCUT2D eigenvalue weighted by Crippen LogP contribution is 2.20. The maximum Gasteiger partial charge on any atom is 0.253 e. The van der Waals surface area contributed by atoms with Gasteiger partial charge in [-0.05, 0) is 63.3 Å². The molecule has 1 aliphatic rings. The van der Waals surface area contributed by atoms with Crippen molar-refractivity contribution in [3.05, 3.63) is 29.8 Å². The van der Waals surface area contributed by atoms with E-state index >= 15 is 0 Å². The van der Waals surface area contributed by atoms with Crippen LogP contribution in [0.5, 0.6) is 0 Å². The fraction of sp³-hybridized carbons (Fsp3) is 0.611. The minimum absolute atomic E-state index is 0.0736. The van der Waals surface area contributed by atoms with Crippen LogP contribution in [-0.4, -0.2) is 51.3 Å². The summed E-state index contributed by atoms with van der Waals surface area (Å²) in [5, 5.41) is -0.471. The zero-order valence-electron chi connectivity index (χ0n) is 14.7. The molecule has 5 nitrogen and oxygen atoms in total. The molecule has 1 aromatic rings.